The first-order valence-corrected chi connectivity index (χ1v) is 12.4. The fourth-order valence-electron chi connectivity index (χ4n) is 4.20. The summed E-state index contributed by atoms with van der Waals surface area (Å²) in [4.78, 5) is 19.5. The summed E-state index contributed by atoms with van der Waals surface area (Å²) in [6, 6.07) is 9.55. The third-order valence-corrected chi connectivity index (χ3v) is 6.60. The SMILES string of the molecule is CC(Nc1cc(-c2ccccc2Cl)nc2c(Br)cnn12)C1CCCCN1C(=O)OC(C)(C)C. The Balaban J connectivity index is 1.66. The van der Waals surface area contributed by atoms with Gasteiger partial charge in [0.15, 0.2) is 5.65 Å². The van der Waals surface area contributed by atoms with Gasteiger partial charge in [-0.2, -0.15) is 9.61 Å². The molecule has 2 atom stereocenters. The highest BCUT2D eigenvalue weighted by atomic mass is 79.9. The number of ether oxygens (including phenoxy) is 1. The fourth-order valence-corrected chi connectivity index (χ4v) is 4.78. The molecule has 1 aliphatic heterocycles. The van der Waals surface area contributed by atoms with Crippen LogP contribution in [0.1, 0.15) is 47.0 Å². The summed E-state index contributed by atoms with van der Waals surface area (Å²) in [5.74, 6) is 0.780. The number of piperidine rings is 1. The predicted molar refractivity (Wildman–Crippen MR) is 135 cm³/mol. The summed E-state index contributed by atoms with van der Waals surface area (Å²) in [5.41, 5.74) is 1.75. The zero-order valence-electron chi connectivity index (χ0n) is 19.3. The molecule has 0 saturated carbocycles. The highest BCUT2D eigenvalue weighted by Crippen LogP contribution is 2.31. The van der Waals surface area contributed by atoms with Gasteiger partial charge < -0.3 is 15.0 Å². The first-order valence-electron chi connectivity index (χ1n) is 11.2. The number of hydrogen-bond acceptors (Lipinski definition) is 5. The second kappa shape index (κ2) is 9.50. The molecule has 3 aromatic rings. The van der Waals surface area contributed by atoms with Crippen LogP contribution in [0.15, 0.2) is 41.0 Å². The molecular weight excluding hydrogens is 506 g/mol. The van der Waals surface area contributed by atoms with Crippen LogP contribution in [0.4, 0.5) is 10.6 Å². The fraction of sp³-hybridized carbons (Fsp3) is 0.458. The Morgan fingerprint density at radius 1 is 1.30 bits per heavy atom. The van der Waals surface area contributed by atoms with Crippen molar-refractivity contribution in [3.63, 3.8) is 0 Å². The van der Waals surface area contributed by atoms with Crippen molar-refractivity contribution >= 4 is 45.1 Å². The van der Waals surface area contributed by atoms with Gasteiger partial charge in [-0.25, -0.2) is 9.78 Å². The number of halogens is 2. The smallest absolute Gasteiger partial charge is 0.410 e. The zero-order valence-corrected chi connectivity index (χ0v) is 21.7. The molecule has 1 amide bonds. The number of fused-ring (bicyclic) bond motifs is 1. The van der Waals surface area contributed by atoms with E-state index in [0.717, 1.165) is 40.8 Å². The van der Waals surface area contributed by atoms with Crippen molar-refractivity contribution in [2.45, 2.75) is 64.6 Å². The van der Waals surface area contributed by atoms with E-state index < -0.39 is 5.60 Å². The number of amides is 1. The Morgan fingerprint density at radius 2 is 2.06 bits per heavy atom. The molecule has 1 saturated heterocycles. The standard InChI is InChI=1S/C24H29BrClN5O2/c1-15(20-11-7-8-12-30(20)23(32)33-24(2,3)4)28-21-13-19(16-9-5-6-10-18(16)26)29-22-17(25)14-27-31(21)22/h5-6,9-10,13-15,20,28H,7-8,11-12H2,1-4H3. The van der Waals surface area contributed by atoms with Gasteiger partial charge in [-0.05, 0) is 69.0 Å². The summed E-state index contributed by atoms with van der Waals surface area (Å²) in [5, 5.41) is 8.71. The zero-order chi connectivity index (χ0) is 23.8. The molecule has 176 valence electrons. The molecule has 1 fully saturated rings. The van der Waals surface area contributed by atoms with Crippen LogP contribution in [-0.2, 0) is 4.74 Å². The number of rotatable bonds is 4. The number of carbonyl (C=O) groups is 1. The lowest BCUT2D eigenvalue weighted by Crippen LogP contribution is -2.52. The number of likely N-dealkylation sites (tertiary alicyclic amines) is 1. The maximum absolute atomic E-state index is 12.9. The molecule has 0 spiro atoms. The van der Waals surface area contributed by atoms with Gasteiger partial charge in [0.25, 0.3) is 0 Å². The Hall–Kier alpha value is -2.32. The Labute approximate surface area is 207 Å². The van der Waals surface area contributed by atoms with Crippen molar-refractivity contribution in [2.75, 3.05) is 11.9 Å². The first-order chi connectivity index (χ1) is 15.6. The van der Waals surface area contributed by atoms with E-state index in [1.807, 2.05) is 56.0 Å². The number of anilines is 1. The summed E-state index contributed by atoms with van der Waals surface area (Å²) < 4.78 is 8.24. The summed E-state index contributed by atoms with van der Waals surface area (Å²) in [6.45, 7) is 8.46. The van der Waals surface area contributed by atoms with E-state index in [1.54, 1.807) is 10.7 Å². The Morgan fingerprint density at radius 3 is 2.79 bits per heavy atom. The minimum absolute atomic E-state index is 0.000388. The van der Waals surface area contributed by atoms with Gasteiger partial charge >= 0.3 is 6.09 Å². The minimum atomic E-state index is -0.530. The lowest BCUT2D eigenvalue weighted by molar-refractivity contribution is 0.00811. The molecule has 0 aliphatic carbocycles. The number of carbonyl (C=O) groups excluding carboxylic acids is 1. The molecule has 9 heteroatoms. The van der Waals surface area contributed by atoms with Gasteiger partial charge in [0, 0.05) is 29.2 Å². The van der Waals surface area contributed by atoms with Gasteiger partial charge in [-0.3, -0.25) is 0 Å². The van der Waals surface area contributed by atoms with Crippen LogP contribution in [0, 0.1) is 0 Å². The Bertz CT molecular complexity index is 1160. The van der Waals surface area contributed by atoms with Crippen molar-refractivity contribution in [3.8, 4) is 11.3 Å². The van der Waals surface area contributed by atoms with Crippen LogP contribution in [0.25, 0.3) is 16.9 Å². The quantitative estimate of drug-likeness (QED) is 0.419. The third-order valence-electron chi connectivity index (χ3n) is 5.71. The van der Waals surface area contributed by atoms with Crippen molar-refractivity contribution in [3.05, 3.63) is 46.0 Å². The first kappa shape index (κ1) is 23.8. The second-order valence-electron chi connectivity index (χ2n) is 9.40. The van der Waals surface area contributed by atoms with Crippen molar-refractivity contribution in [1.82, 2.24) is 19.5 Å². The average molecular weight is 535 g/mol. The molecule has 1 aliphatic rings. The van der Waals surface area contributed by atoms with Gasteiger partial charge in [0.2, 0.25) is 0 Å². The number of hydrogen-bond donors (Lipinski definition) is 1. The minimum Gasteiger partial charge on any atom is -0.444 e. The molecule has 2 unspecified atom stereocenters. The second-order valence-corrected chi connectivity index (χ2v) is 10.7. The lowest BCUT2D eigenvalue weighted by atomic mass is 9.97. The van der Waals surface area contributed by atoms with Crippen LogP contribution < -0.4 is 5.32 Å². The van der Waals surface area contributed by atoms with Gasteiger partial charge in [-0.15, -0.1) is 0 Å². The lowest BCUT2D eigenvalue weighted by Gasteiger charge is -2.40. The summed E-state index contributed by atoms with van der Waals surface area (Å²) in [6.07, 6.45) is 4.41. The van der Waals surface area contributed by atoms with Crippen molar-refractivity contribution in [2.24, 2.45) is 0 Å². The van der Waals surface area contributed by atoms with E-state index in [4.69, 9.17) is 21.3 Å². The van der Waals surface area contributed by atoms with Crippen LogP contribution in [0.2, 0.25) is 5.02 Å². The summed E-state index contributed by atoms with van der Waals surface area (Å²) in [7, 11) is 0. The van der Waals surface area contributed by atoms with E-state index in [1.165, 1.54) is 0 Å². The van der Waals surface area contributed by atoms with E-state index in [9.17, 15) is 4.79 Å². The van der Waals surface area contributed by atoms with Crippen LogP contribution in [-0.4, -0.2) is 49.8 Å². The van der Waals surface area contributed by atoms with E-state index in [-0.39, 0.29) is 18.2 Å². The Kier molecular flexibility index (Phi) is 6.86. The highest BCUT2D eigenvalue weighted by Gasteiger charge is 2.34. The van der Waals surface area contributed by atoms with Crippen molar-refractivity contribution in [1.29, 1.82) is 0 Å². The normalized spacial score (nSPS) is 17.8. The van der Waals surface area contributed by atoms with E-state index in [0.29, 0.717) is 17.2 Å². The molecule has 1 N–H and O–H groups in total. The van der Waals surface area contributed by atoms with Gasteiger partial charge in [0.1, 0.15) is 11.4 Å². The molecule has 33 heavy (non-hydrogen) atoms. The highest BCUT2D eigenvalue weighted by molar-refractivity contribution is 9.10. The summed E-state index contributed by atoms with van der Waals surface area (Å²) >= 11 is 10.0. The number of nitrogens with zero attached hydrogens (tertiary/aromatic N) is 4. The molecule has 4 rings (SSSR count). The number of aromatic nitrogens is 3. The monoisotopic (exact) mass is 533 g/mol. The molecule has 0 bridgehead atoms. The molecule has 1 aromatic carbocycles. The average Bonchev–Trinajstić information content (AvgIpc) is 3.14. The number of nitrogens with one attached hydrogen (secondary N) is 1. The van der Waals surface area contributed by atoms with E-state index in [2.05, 4.69) is 33.3 Å². The van der Waals surface area contributed by atoms with Crippen LogP contribution in [0.5, 0.6) is 0 Å². The third kappa shape index (κ3) is 5.27. The van der Waals surface area contributed by atoms with Crippen molar-refractivity contribution < 1.29 is 9.53 Å². The maximum atomic E-state index is 12.9. The van der Waals surface area contributed by atoms with Crippen LogP contribution >= 0.6 is 27.5 Å². The molecule has 7 nitrogen and oxygen atoms in total. The largest absolute Gasteiger partial charge is 0.444 e. The maximum Gasteiger partial charge on any atom is 0.410 e. The van der Waals surface area contributed by atoms with Crippen LogP contribution in [0.3, 0.4) is 0 Å². The molecule has 2 aromatic heterocycles. The van der Waals surface area contributed by atoms with Gasteiger partial charge in [0.05, 0.1) is 22.4 Å². The predicted octanol–water partition coefficient (Wildman–Crippen LogP) is 6.40. The topological polar surface area (TPSA) is 71.8 Å². The number of benzene rings is 1. The van der Waals surface area contributed by atoms with Gasteiger partial charge in [-0.1, -0.05) is 29.8 Å². The molecule has 3 heterocycles. The molecule has 0 radical (unpaired) electrons. The molecular formula is C24H29BrClN5O2. The van der Waals surface area contributed by atoms with E-state index >= 15 is 0 Å².